The van der Waals surface area contributed by atoms with Crippen LogP contribution in [-0.4, -0.2) is 33.0 Å². The van der Waals surface area contributed by atoms with Gasteiger partial charge in [0.25, 0.3) is 0 Å². The van der Waals surface area contributed by atoms with Gasteiger partial charge in [-0.2, -0.15) is 10.2 Å². The second kappa shape index (κ2) is 4.69. The van der Waals surface area contributed by atoms with E-state index in [1.807, 2.05) is 13.1 Å². The number of hydrazone groups is 1. The van der Waals surface area contributed by atoms with Gasteiger partial charge in [0.05, 0.1) is 17.8 Å². The Bertz CT molecular complexity index is 447. The number of aromatic nitrogens is 2. The minimum atomic E-state index is 0.0850. The van der Waals surface area contributed by atoms with Gasteiger partial charge in [-0.05, 0) is 18.4 Å². The topological polar surface area (TPSA) is 50.5 Å². The van der Waals surface area contributed by atoms with E-state index in [1.165, 1.54) is 0 Å². The van der Waals surface area contributed by atoms with E-state index in [0.29, 0.717) is 18.9 Å². The molecule has 0 bridgehead atoms. The van der Waals surface area contributed by atoms with E-state index in [-0.39, 0.29) is 5.91 Å². The van der Waals surface area contributed by atoms with Crippen molar-refractivity contribution in [2.45, 2.75) is 26.7 Å². The number of carbonyl (C=O) groups is 1. The molecule has 0 aromatic carbocycles. The second-order valence-corrected chi connectivity index (χ2v) is 4.76. The van der Waals surface area contributed by atoms with E-state index in [4.69, 9.17) is 0 Å². The molecule has 1 aliphatic rings. The molecule has 0 fully saturated rings. The molecular formula is C12H18N4O. The highest BCUT2D eigenvalue weighted by molar-refractivity contribution is 6.12. The molecular weight excluding hydrogens is 216 g/mol. The predicted molar refractivity (Wildman–Crippen MR) is 65.5 cm³/mol. The maximum atomic E-state index is 11.8. The van der Waals surface area contributed by atoms with E-state index in [1.54, 1.807) is 15.9 Å². The van der Waals surface area contributed by atoms with Gasteiger partial charge in [-0.3, -0.25) is 9.48 Å². The van der Waals surface area contributed by atoms with Gasteiger partial charge in [0.2, 0.25) is 5.91 Å². The average Bonchev–Trinajstić information content (AvgIpc) is 2.82. The molecule has 17 heavy (non-hydrogen) atoms. The number of hydrogen-bond donors (Lipinski definition) is 0. The van der Waals surface area contributed by atoms with Gasteiger partial charge in [0.15, 0.2) is 0 Å². The molecule has 5 heteroatoms. The van der Waals surface area contributed by atoms with Gasteiger partial charge in [-0.1, -0.05) is 13.8 Å². The van der Waals surface area contributed by atoms with Crippen molar-refractivity contribution in [3.63, 3.8) is 0 Å². The molecule has 0 atom stereocenters. The van der Waals surface area contributed by atoms with E-state index in [9.17, 15) is 4.79 Å². The van der Waals surface area contributed by atoms with Crippen LogP contribution in [0.4, 0.5) is 0 Å². The quantitative estimate of drug-likeness (QED) is 0.790. The predicted octanol–water partition coefficient (Wildman–Crippen LogP) is 1.40. The minimum absolute atomic E-state index is 0.0850. The molecule has 1 aromatic rings. The van der Waals surface area contributed by atoms with Crippen LogP contribution in [0.1, 0.15) is 32.4 Å². The normalized spacial score (nSPS) is 15.9. The van der Waals surface area contributed by atoms with E-state index in [0.717, 1.165) is 17.8 Å². The monoisotopic (exact) mass is 234 g/mol. The minimum Gasteiger partial charge on any atom is -0.273 e. The summed E-state index contributed by atoms with van der Waals surface area (Å²) in [6.45, 7) is 5.00. The lowest BCUT2D eigenvalue weighted by Gasteiger charge is -2.12. The smallest absolute Gasteiger partial charge is 0.248 e. The Labute approximate surface area is 101 Å². The molecule has 0 N–H and O–H groups in total. The Morgan fingerprint density at radius 3 is 2.82 bits per heavy atom. The van der Waals surface area contributed by atoms with Crippen molar-refractivity contribution < 1.29 is 4.79 Å². The molecule has 0 saturated heterocycles. The van der Waals surface area contributed by atoms with Crippen LogP contribution in [0.15, 0.2) is 17.4 Å². The van der Waals surface area contributed by atoms with E-state index in [2.05, 4.69) is 24.0 Å². The van der Waals surface area contributed by atoms with E-state index < -0.39 is 0 Å². The summed E-state index contributed by atoms with van der Waals surface area (Å²) in [6.07, 6.45) is 3.09. The third-order valence-corrected chi connectivity index (χ3v) is 2.88. The van der Waals surface area contributed by atoms with Crippen LogP contribution < -0.4 is 0 Å². The summed E-state index contributed by atoms with van der Waals surface area (Å²) in [5, 5.41) is 10.1. The first-order valence-electron chi connectivity index (χ1n) is 5.94. The molecule has 0 saturated carbocycles. The number of rotatable bonds is 4. The van der Waals surface area contributed by atoms with Crippen molar-refractivity contribution in [3.05, 3.63) is 18.0 Å². The highest BCUT2D eigenvalue weighted by atomic mass is 16.2. The number of nitrogens with zero attached hydrogens (tertiary/aromatic N) is 4. The third-order valence-electron chi connectivity index (χ3n) is 2.88. The van der Waals surface area contributed by atoms with Crippen molar-refractivity contribution in [2.24, 2.45) is 18.1 Å². The number of amides is 1. The molecule has 2 rings (SSSR count). The molecule has 5 nitrogen and oxygen atoms in total. The summed E-state index contributed by atoms with van der Waals surface area (Å²) in [7, 11) is 1.86. The fourth-order valence-corrected chi connectivity index (χ4v) is 1.83. The molecule has 92 valence electrons. The van der Waals surface area contributed by atoms with Gasteiger partial charge >= 0.3 is 0 Å². The molecule has 0 radical (unpaired) electrons. The Morgan fingerprint density at radius 1 is 1.47 bits per heavy atom. The molecule has 1 amide bonds. The lowest BCUT2D eigenvalue weighted by Crippen LogP contribution is -2.22. The summed E-state index contributed by atoms with van der Waals surface area (Å²) in [4.78, 5) is 11.8. The highest BCUT2D eigenvalue weighted by Crippen LogP contribution is 2.15. The average molecular weight is 234 g/mol. The molecule has 1 aliphatic heterocycles. The summed E-state index contributed by atoms with van der Waals surface area (Å²) in [6, 6.07) is 1.89. The van der Waals surface area contributed by atoms with E-state index >= 15 is 0 Å². The van der Waals surface area contributed by atoms with Gasteiger partial charge in [-0.15, -0.1) is 0 Å². The van der Waals surface area contributed by atoms with Crippen LogP contribution in [0.3, 0.4) is 0 Å². The summed E-state index contributed by atoms with van der Waals surface area (Å²) < 4.78 is 1.75. The fraction of sp³-hybridized carbons (Fsp3) is 0.583. The number of aryl methyl sites for hydroxylation is 1. The second-order valence-electron chi connectivity index (χ2n) is 4.76. The molecule has 0 unspecified atom stereocenters. The molecule has 2 heterocycles. The first-order valence-corrected chi connectivity index (χ1v) is 5.94. The molecule has 1 aromatic heterocycles. The van der Waals surface area contributed by atoms with Gasteiger partial charge in [0, 0.05) is 19.8 Å². The van der Waals surface area contributed by atoms with Crippen molar-refractivity contribution in [1.82, 2.24) is 14.8 Å². The SMILES string of the molecule is CC(C)CCN1N=C(c2ccnn2C)CC1=O. The third kappa shape index (κ3) is 2.54. The zero-order valence-corrected chi connectivity index (χ0v) is 10.6. The van der Waals surface area contributed by atoms with Gasteiger partial charge < -0.3 is 0 Å². The fourth-order valence-electron chi connectivity index (χ4n) is 1.83. The molecule has 0 aliphatic carbocycles. The number of hydrogen-bond acceptors (Lipinski definition) is 3. The lowest BCUT2D eigenvalue weighted by molar-refractivity contribution is -0.128. The first-order chi connectivity index (χ1) is 8.08. The van der Waals surface area contributed by atoms with Crippen molar-refractivity contribution in [2.75, 3.05) is 6.54 Å². The summed E-state index contributed by atoms with van der Waals surface area (Å²) >= 11 is 0. The lowest BCUT2D eigenvalue weighted by atomic mass is 10.1. The van der Waals surface area contributed by atoms with Crippen LogP contribution in [0, 0.1) is 5.92 Å². The van der Waals surface area contributed by atoms with Crippen molar-refractivity contribution >= 4 is 11.6 Å². The Balaban J connectivity index is 2.09. The summed E-state index contributed by atoms with van der Waals surface area (Å²) in [5.41, 5.74) is 1.74. The number of carbonyl (C=O) groups excluding carboxylic acids is 1. The van der Waals surface area contributed by atoms with Crippen LogP contribution in [-0.2, 0) is 11.8 Å². The maximum Gasteiger partial charge on any atom is 0.248 e. The van der Waals surface area contributed by atoms with Crippen molar-refractivity contribution in [3.8, 4) is 0 Å². The molecule has 0 spiro atoms. The highest BCUT2D eigenvalue weighted by Gasteiger charge is 2.25. The van der Waals surface area contributed by atoms with Crippen LogP contribution in [0.2, 0.25) is 0 Å². The van der Waals surface area contributed by atoms with Gasteiger partial charge in [-0.25, -0.2) is 5.01 Å². The Kier molecular flexibility index (Phi) is 3.26. The zero-order valence-electron chi connectivity index (χ0n) is 10.6. The van der Waals surface area contributed by atoms with Crippen LogP contribution in [0.25, 0.3) is 0 Å². The first kappa shape index (κ1) is 11.8. The van der Waals surface area contributed by atoms with Crippen LogP contribution in [0.5, 0.6) is 0 Å². The maximum absolute atomic E-state index is 11.8. The van der Waals surface area contributed by atoms with Crippen molar-refractivity contribution in [1.29, 1.82) is 0 Å². The van der Waals surface area contributed by atoms with Gasteiger partial charge in [0.1, 0.15) is 0 Å². The zero-order chi connectivity index (χ0) is 12.4. The van der Waals surface area contributed by atoms with Crippen LogP contribution >= 0.6 is 0 Å². The Hall–Kier alpha value is -1.65. The Morgan fingerprint density at radius 2 is 2.24 bits per heavy atom. The largest absolute Gasteiger partial charge is 0.273 e. The summed E-state index contributed by atoms with van der Waals surface area (Å²) in [5.74, 6) is 0.667. The standard InChI is InChI=1S/C12H18N4O/c1-9(2)5-7-16-12(17)8-10(14-16)11-4-6-13-15(11)3/h4,6,9H,5,7-8H2,1-3H3.